The van der Waals surface area contributed by atoms with E-state index in [9.17, 15) is 9.59 Å². The van der Waals surface area contributed by atoms with E-state index in [4.69, 9.17) is 0 Å². The van der Waals surface area contributed by atoms with Crippen LogP contribution in [0, 0.1) is 5.92 Å². The molecule has 4 heteroatoms. The Bertz CT molecular complexity index is 494. The van der Waals surface area contributed by atoms with Gasteiger partial charge in [0.2, 0.25) is 0 Å². The molecule has 1 aliphatic rings. The number of nitrogens with zero attached hydrogens (tertiary/aromatic N) is 1. The average molecular weight is 261 g/mol. The molecule has 0 unspecified atom stereocenters. The summed E-state index contributed by atoms with van der Waals surface area (Å²) in [7, 11) is 0. The fraction of sp³-hybridized carbons (Fsp3) is 0.286. The summed E-state index contributed by atoms with van der Waals surface area (Å²) in [5.74, 6) is 0.108. The molecule has 0 spiro atoms. The third-order valence-electron chi connectivity index (χ3n) is 2.52. The number of thioether (sulfide) groups is 1. The number of rotatable bonds is 3. The molecule has 0 N–H and O–H groups in total. The number of carbonyl (C=O) groups is 2. The summed E-state index contributed by atoms with van der Waals surface area (Å²) < 4.78 is 0. The topological polar surface area (TPSA) is 37.4 Å². The van der Waals surface area contributed by atoms with Crippen LogP contribution in [0.5, 0.6) is 0 Å². The van der Waals surface area contributed by atoms with Gasteiger partial charge in [0.1, 0.15) is 0 Å². The molecule has 1 aliphatic heterocycles. The van der Waals surface area contributed by atoms with Crippen LogP contribution >= 0.6 is 11.8 Å². The third-order valence-corrected chi connectivity index (χ3v) is 3.43. The minimum atomic E-state index is -0.178. The largest absolute Gasteiger partial charge is 0.293 e. The number of benzene rings is 1. The van der Waals surface area contributed by atoms with E-state index in [-0.39, 0.29) is 17.1 Å². The molecule has 0 atom stereocenters. The molecular formula is C14H15NO2S. The van der Waals surface area contributed by atoms with Crippen molar-refractivity contribution >= 4 is 29.0 Å². The molecule has 1 aromatic rings. The van der Waals surface area contributed by atoms with Crippen molar-refractivity contribution in [1.82, 2.24) is 4.90 Å². The number of hydrogen-bond donors (Lipinski definition) is 0. The highest BCUT2D eigenvalue weighted by molar-refractivity contribution is 8.18. The van der Waals surface area contributed by atoms with Crippen molar-refractivity contribution in [3.8, 4) is 0 Å². The molecule has 1 aromatic carbocycles. The van der Waals surface area contributed by atoms with Gasteiger partial charge in [0.25, 0.3) is 11.1 Å². The van der Waals surface area contributed by atoms with E-state index in [1.165, 1.54) is 4.90 Å². The summed E-state index contributed by atoms with van der Waals surface area (Å²) in [4.78, 5) is 25.6. The molecule has 0 aliphatic carbocycles. The summed E-state index contributed by atoms with van der Waals surface area (Å²) in [6, 6.07) is 9.56. The first-order valence-corrected chi connectivity index (χ1v) is 6.70. The van der Waals surface area contributed by atoms with Crippen LogP contribution in [0.1, 0.15) is 19.4 Å². The van der Waals surface area contributed by atoms with E-state index < -0.39 is 0 Å². The fourth-order valence-electron chi connectivity index (χ4n) is 1.72. The fourth-order valence-corrected chi connectivity index (χ4v) is 2.57. The molecule has 18 heavy (non-hydrogen) atoms. The Kier molecular flexibility index (Phi) is 3.87. The lowest BCUT2D eigenvalue weighted by atomic mass is 10.2. The predicted octanol–water partition coefficient (Wildman–Crippen LogP) is 3.38. The number of imide groups is 1. The maximum absolute atomic E-state index is 12.1. The zero-order chi connectivity index (χ0) is 13.1. The van der Waals surface area contributed by atoms with Gasteiger partial charge in [-0.1, -0.05) is 44.2 Å². The van der Waals surface area contributed by atoms with Gasteiger partial charge in [0.15, 0.2) is 0 Å². The van der Waals surface area contributed by atoms with Crippen LogP contribution in [-0.4, -0.2) is 22.6 Å². The maximum atomic E-state index is 12.1. The van der Waals surface area contributed by atoms with Crippen molar-refractivity contribution in [1.29, 1.82) is 0 Å². The first-order chi connectivity index (χ1) is 8.58. The van der Waals surface area contributed by atoms with Crippen LogP contribution in [0.2, 0.25) is 0 Å². The zero-order valence-corrected chi connectivity index (χ0v) is 11.2. The van der Waals surface area contributed by atoms with Crippen LogP contribution in [0.15, 0.2) is 35.2 Å². The standard InChI is InChI=1S/C14H15NO2S/c1-10(2)9-15-13(16)12(18-14(15)17)8-11-6-4-3-5-7-11/h3-8,10H,9H2,1-2H3/b12-8-. The second-order valence-electron chi connectivity index (χ2n) is 4.60. The van der Waals surface area contributed by atoms with E-state index in [0.717, 1.165) is 17.3 Å². The van der Waals surface area contributed by atoms with E-state index in [1.807, 2.05) is 44.2 Å². The normalized spacial score (nSPS) is 18.2. The number of carbonyl (C=O) groups excluding carboxylic acids is 2. The quantitative estimate of drug-likeness (QED) is 0.783. The van der Waals surface area contributed by atoms with Gasteiger partial charge in [-0.25, -0.2) is 0 Å². The van der Waals surface area contributed by atoms with E-state index >= 15 is 0 Å². The first kappa shape index (κ1) is 12.9. The Balaban J connectivity index is 2.20. The van der Waals surface area contributed by atoms with Crippen molar-refractivity contribution in [3.05, 3.63) is 40.8 Å². The van der Waals surface area contributed by atoms with Crippen molar-refractivity contribution in [2.24, 2.45) is 5.92 Å². The van der Waals surface area contributed by atoms with Crippen LogP contribution < -0.4 is 0 Å². The van der Waals surface area contributed by atoms with Gasteiger partial charge >= 0.3 is 0 Å². The van der Waals surface area contributed by atoms with Crippen LogP contribution in [0.25, 0.3) is 6.08 Å². The third kappa shape index (κ3) is 2.82. The van der Waals surface area contributed by atoms with Crippen LogP contribution in [-0.2, 0) is 4.79 Å². The number of hydrogen-bond acceptors (Lipinski definition) is 3. The van der Waals surface area contributed by atoms with E-state index in [2.05, 4.69) is 0 Å². The summed E-state index contributed by atoms with van der Waals surface area (Å²) >= 11 is 1.02. The summed E-state index contributed by atoms with van der Waals surface area (Å²) in [6.07, 6.45) is 1.77. The van der Waals surface area contributed by atoms with Gasteiger partial charge in [-0.3, -0.25) is 14.5 Å². The highest BCUT2D eigenvalue weighted by Crippen LogP contribution is 2.32. The molecule has 2 amide bonds. The second-order valence-corrected chi connectivity index (χ2v) is 5.59. The van der Waals surface area contributed by atoms with Crippen LogP contribution in [0.4, 0.5) is 4.79 Å². The maximum Gasteiger partial charge on any atom is 0.293 e. The summed E-state index contributed by atoms with van der Waals surface area (Å²) in [6.45, 7) is 4.46. The first-order valence-electron chi connectivity index (χ1n) is 5.88. The van der Waals surface area contributed by atoms with Gasteiger partial charge in [0, 0.05) is 6.54 Å². The average Bonchev–Trinajstić information content (AvgIpc) is 2.58. The molecule has 0 saturated carbocycles. The summed E-state index contributed by atoms with van der Waals surface area (Å²) in [5, 5.41) is -0.170. The predicted molar refractivity (Wildman–Crippen MR) is 74.0 cm³/mol. The molecule has 0 bridgehead atoms. The van der Waals surface area contributed by atoms with E-state index in [1.54, 1.807) is 6.08 Å². The lowest BCUT2D eigenvalue weighted by Gasteiger charge is -2.14. The zero-order valence-electron chi connectivity index (χ0n) is 10.4. The summed E-state index contributed by atoms with van der Waals surface area (Å²) in [5.41, 5.74) is 0.938. The smallest absolute Gasteiger partial charge is 0.268 e. The van der Waals surface area contributed by atoms with Crippen molar-refractivity contribution in [3.63, 3.8) is 0 Å². The Morgan fingerprint density at radius 3 is 2.50 bits per heavy atom. The molecule has 1 heterocycles. The van der Waals surface area contributed by atoms with Gasteiger partial charge < -0.3 is 0 Å². The Morgan fingerprint density at radius 2 is 1.89 bits per heavy atom. The van der Waals surface area contributed by atoms with E-state index in [0.29, 0.717) is 11.4 Å². The minimum absolute atomic E-state index is 0.170. The minimum Gasteiger partial charge on any atom is -0.268 e. The highest BCUT2D eigenvalue weighted by atomic mass is 32.2. The van der Waals surface area contributed by atoms with Gasteiger partial charge in [0.05, 0.1) is 4.91 Å². The Morgan fingerprint density at radius 1 is 1.22 bits per heavy atom. The Hall–Kier alpha value is -1.55. The lowest BCUT2D eigenvalue weighted by Crippen LogP contribution is -2.31. The number of amides is 2. The van der Waals surface area contributed by atoms with Gasteiger partial charge in [-0.05, 0) is 29.3 Å². The molecule has 2 rings (SSSR count). The molecule has 0 radical (unpaired) electrons. The van der Waals surface area contributed by atoms with Crippen molar-refractivity contribution < 1.29 is 9.59 Å². The SMILES string of the molecule is CC(C)CN1C(=O)S/C(=C\c2ccccc2)C1=O. The highest BCUT2D eigenvalue weighted by Gasteiger charge is 2.34. The van der Waals surface area contributed by atoms with Gasteiger partial charge in [-0.2, -0.15) is 0 Å². The van der Waals surface area contributed by atoms with Crippen LogP contribution in [0.3, 0.4) is 0 Å². The molecule has 94 valence electrons. The molecule has 3 nitrogen and oxygen atoms in total. The molecule has 1 saturated heterocycles. The van der Waals surface area contributed by atoms with Crippen molar-refractivity contribution in [2.45, 2.75) is 13.8 Å². The second kappa shape index (κ2) is 5.40. The molecule has 1 fully saturated rings. The van der Waals surface area contributed by atoms with Gasteiger partial charge in [-0.15, -0.1) is 0 Å². The Labute approximate surface area is 111 Å². The molecular weight excluding hydrogens is 246 g/mol. The van der Waals surface area contributed by atoms with Crippen molar-refractivity contribution in [2.75, 3.05) is 6.54 Å². The lowest BCUT2D eigenvalue weighted by molar-refractivity contribution is -0.123. The molecule has 0 aromatic heterocycles. The monoisotopic (exact) mass is 261 g/mol.